The van der Waals surface area contributed by atoms with E-state index in [1.165, 1.54) is 5.56 Å². The normalized spacial score (nSPS) is 16.8. The van der Waals surface area contributed by atoms with E-state index in [1.54, 1.807) is 0 Å². The monoisotopic (exact) mass is 420 g/mol. The smallest absolute Gasteiger partial charge is 0.231 e. The molecule has 0 radical (unpaired) electrons. The van der Waals surface area contributed by atoms with Crippen LogP contribution in [0.2, 0.25) is 0 Å². The highest BCUT2D eigenvalue weighted by atomic mass is 16.7. The zero-order chi connectivity index (χ0) is 21.0. The molecule has 2 N–H and O–H groups in total. The number of nitrogens with one attached hydrogen (secondary N) is 2. The molecule has 162 valence electrons. The maximum atomic E-state index is 5.50. The molecule has 3 heterocycles. The van der Waals surface area contributed by atoms with Crippen LogP contribution >= 0.6 is 0 Å². The molecule has 0 unspecified atom stereocenters. The van der Waals surface area contributed by atoms with Gasteiger partial charge in [-0.25, -0.2) is 4.98 Å². The lowest BCUT2D eigenvalue weighted by Gasteiger charge is -2.36. The van der Waals surface area contributed by atoms with Crippen molar-refractivity contribution < 1.29 is 9.47 Å². The van der Waals surface area contributed by atoms with Crippen molar-refractivity contribution in [2.45, 2.75) is 13.0 Å². The van der Waals surface area contributed by atoms with Gasteiger partial charge in [-0.15, -0.1) is 0 Å². The van der Waals surface area contributed by atoms with Crippen LogP contribution in [0.4, 0.5) is 0 Å². The van der Waals surface area contributed by atoms with E-state index in [9.17, 15) is 0 Å². The first kappa shape index (κ1) is 19.7. The van der Waals surface area contributed by atoms with Gasteiger partial charge in [0.15, 0.2) is 17.5 Å². The molecule has 2 aliphatic heterocycles. The van der Waals surface area contributed by atoms with Crippen molar-refractivity contribution in [2.24, 2.45) is 4.99 Å². The average molecular weight is 421 g/mol. The maximum Gasteiger partial charge on any atom is 0.231 e. The Hall–Kier alpha value is -3.26. The van der Waals surface area contributed by atoms with Crippen molar-refractivity contribution in [3.63, 3.8) is 0 Å². The van der Waals surface area contributed by atoms with Crippen LogP contribution in [0.25, 0.3) is 11.0 Å². The minimum Gasteiger partial charge on any atom is -0.454 e. The Labute approximate surface area is 181 Å². The van der Waals surface area contributed by atoms with E-state index < -0.39 is 0 Å². The number of para-hydroxylation sites is 2. The molecule has 2 aliphatic rings. The van der Waals surface area contributed by atoms with Crippen molar-refractivity contribution in [2.75, 3.05) is 46.6 Å². The van der Waals surface area contributed by atoms with Crippen LogP contribution < -0.4 is 14.8 Å². The van der Waals surface area contributed by atoms with E-state index in [4.69, 9.17) is 9.47 Å². The van der Waals surface area contributed by atoms with E-state index in [0.717, 1.165) is 80.0 Å². The number of rotatable bonds is 5. The van der Waals surface area contributed by atoms with Gasteiger partial charge < -0.3 is 24.7 Å². The van der Waals surface area contributed by atoms with Crippen molar-refractivity contribution in [3.8, 4) is 11.5 Å². The third-order valence-corrected chi connectivity index (χ3v) is 5.81. The van der Waals surface area contributed by atoms with Crippen LogP contribution in [0.1, 0.15) is 11.4 Å². The van der Waals surface area contributed by atoms with Crippen molar-refractivity contribution >= 4 is 17.0 Å². The second kappa shape index (κ2) is 8.85. The quantitative estimate of drug-likeness (QED) is 0.487. The number of hydrogen-bond acceptors (Lipinski definition) is 5. The molecular formula is C23H28N6O2. The minimum absolute atomic E-state index is 0.319. The summed E-state index contributed by atoms with van der Waals surface area (Å²) in [6.45, 7) is 5.94. The first-order chi connectivity index (χ1) is 15.3. The molecule has 5 rings (SSSR count). The lowest BCUT2D eigenvalue weighted by Crippen LogP contribution is -2.52. The number of H-pyrrole nitrogens is 1. The van der Waals surface area contributed by atoms with Gasteiger partial charge >= 0.3 is 0 Å². The Morgan fingerprint density at radius 1 is 1.10 bits per heavy atom. The second-order valence-electron chi connectivity index (χ2n) is 7.88. The highest BCUT2D eigenvalue weighted by Crippen LogP contribution is 2.32. The number of benzene rings is 2. The molecule has 0 amide bonds. The number of guanidine groups is 1. The fraction of sp³-hybridized carbons (Fsp3) is 0.391. The third-order valence-electron chi connectivity index (χ3n) is 5.81. The highest BCUT2D eigenvalue weighted by Gasteiger charge is 2.21. The average Bonchev–Trinajstić information content (AvgIpc) is 3.43. The summed E-state index contributed by atoms with van der Waals surface area (Å²) < 4.78 is 10.9. The van der Waals surface area contributed by atoms with Gasteiger partial charge in [0.2, 0.25) is 6.79 Å². The van der Waals surface area contributed by atoms with Crippen LogP contribution in [0, 0.1) is 0 Å². The van der Waals surface area contributed by atoms with Gasteiger partial charge in [-0.05, 0) is 29.8 Å². The lowest BCUT2D eigenvalue weighted by atomic mass is 10.1. The minimum atomic E-state index is 0.319. The van der Waals surface area contributed by atoms with Gasteiger partial charge in [-0.2, -0.15) is 0 Å². The number of aliphatic imine (C=N–C) groups is 1. The summed E-state index contributed by atoms with van der Waals surface area (Å²) in [6, 6.07) is 14.3. The molecule has 0 spiro atoms. The molecule has 3 aromatic rings. The van der Waals surface area contributed by atoms with Crippen LogP contribution in [0.15, 0.2) is 47.5 Å². The molecule has 2 aromatic carbocycles. The van der Waals surface area contributed by atoms with E-state index in [-0.39, 0.29) is 0 Å². The molecule has 0 atom stereocenters. The van der Waals surface area contributed by atoms with E-state index >= 15 is 0 Å². The van der Waals surface area contributed by atoms with Gasteiger partial charge in [-0.1, -0.05) is 18.2 Å². The van der Waals surface area contributed by atoms with Gasteiger partial charge in [0.05, 0.1) is 11.0 Å². The van der Waals surface area contributed by atoms with Crippen molar-refractivity contribution in [1.82, 2.24) is 25.1 Å². The molecule has 1 saturated heterocycles. The summed E-state index contributed by atoms with van der Waals surface area (Å²) in [7, 11) is 1.85. The lowest BCUT2D eigenvalue weighted by molar-refractivity contribution is 0.171. The summed E-state index contributed by atoms with van der Waals surface area (Å²) >= 11 is 0. The van der Waals surface area contributed by atoms with E-state index in [1.807, 2.05) is 31.3 Å². The topological polar surface area (TPSA) is 78.0 Å². The number of ether oxygens (including phenoxy) is 2. The molecule has 0 aliphatic carbocycles. The van der Waals surface area contributed by atoms with Gasteiger partial charge in [-0.3, -0.25) is 9.89 Å². The fourth-order valence-corrected chi connectivity index (χ4v) is 4.16. The molecular weight excluding hydrogens is 392 g/mol. The van der Waals surface area contributed by atoms with Gasteiger partial charge in [0.25, 0.3) is 0 Å². The number of hydrogen-bond donors (Lipinski definition) is 2. The van der Waals surface area contributed by atoms with Crippen LogP contribution in [-0.4, -0.2) is 72.3 Å². The summed E-state index contributed by atoms with van der Waals surface area (Å²) in [5.41, 5.74) is 3.35. The number of nitrogens with zero attached hydrogens (tertiary/aromatic N) is 4. The largest absolute Gasteiger partial charge is 0.454 e. The predicted octanol–water partition coefficient (Wildman–Crippen LogP) is 2.23. The molecule has 8 nitrogen and oxygen atoms in total. The number of piperazine rings is 1. The van der Waals surface area contributed by atoms with Crippen LogP contribution in [-0.2, 0) is 13.0 Å². The Balaban J connectivity index is 1.09. The number of aromatic amines is 1. The fourth-order valence-electron chi connectivity index (χ4n) is 4.16. The van der Waals surface area contributed by atoms with Crippen molar-refractivity contribution in [3.05, 3.63) is 53.9 Å². The Bertz CT molecular complexity index is 1040. The van der Waals surface area contributed by atoms with E-state index in [2.05, 4.69) is 48.3 Å². The zero-order valence-corrected chi connectivity index (χ0v) is 17.8. The highest BCUT2D eigenvalue weighted by molar-refractivity contribution is 5.80. The maximum absolute atomic E-state index is 5.50. The molecule has 1 aromatic heterocycles. The number of aromatic nitrogens is 2. The summed E-state index contributed by atoms with van der Waals surface area (Å²) in [6.07, 6.45) is 0.831. The Morgan fingerprint density at radius 3 is 2.77 bits per heavy atom. The standard InChI is InChI=1S/C23H28N6O2/c1-24-23(25-9-8-22-26-18-4-2-3-5-19(18)27-22)29-12-10-28(11-13-29)15-17-6-7-20-21(14-17)31-16-30-20/h2-7,14H,8-13,15-16H2,1H3,(H,24,25)(H,26,27). The number of imidazole rings is 1. The van der Waals surface area contributed by atoms with Gasteiger partial charge in [0, 0.05) is 52.7 Å². The molecule has 0 bridgehead atoms. The first-order valence-corrected chi connectivity index (χ1v) is 10.8. The number of fused-ring (bicyclic) bond motifs is 2. The molecule has 1 fully saturated rings. The summed E-state index contributed by atoms with van der Waals surface area (Å²) in [4.78, 5) is 17.3. The Kier molecular flexibility index (Phi) is 5.62. The van der Waals surface area contributed by atoms with Crippen LogP contribution in [0.3, 0.4) is 0 Å². The van der Waals surface area contributed by atoms with E-state index in [0.29, 0.717) is 6.79 Å². The second-order valence-corrected chi connectivity index (χ2v) is 7.88. The molecule has 31 heavy (non-hydrogen) atoms. The molecule has 0 saturated carbocycles. The third kappa shape index (κ3) is 4.44. The van der Waals surface area contributed by atoms with Gasteiger partial charge in [0.1, 0.15) is 5.82 Å². The first-order valence-electron chi connectivity index (χ1n) is 10.8. The van der Waals surface area contributed by atoms with Crippen molar-refractivity contribution in [1.29, 1.82) is 0 Å². The zero-order valence-electron chi connectivity index (χ0n) is 17.8. The predicted molar refractivity (Wildman–Crippen MR) is 121 cm³/mol. The SMILES string of the molecule is CN=C(NCCc1nc2ccccc2[nH]1)N1CCN(Cc2ccc3c(c2)OCO3)CC1. The Morgan fingerprint density at radius 2 is 1.94 bits per heavy atom. The summed E-state index contributed by atoms with van der Waals surface area (Å²) in [5, 5.41) is 3.49. The molecule has 8 heteroatoms. The van der Waals surface area contributed by atoms with Crippen LogP contribution in [0.5, 0.6) is 11.5 Å². The summed E-state index contributed by atoms with van der Waals surface area (Å²) in [5.74, 6) is 3.65.